The van der Waals surface area contributed by atoms with Gasteiger partial charge in [0.1, 0.15) is 5.82 Å². The van der Waals surface area contributed by atoms with Gasteiger partial charge in [-0.3, -0.25) is 4.79 Å². The van der Waals surface area contributed by atoms with E-state index >= 15 is 0 Å². The SMILES string of the molecule is O=C(NCCN1CCC[C@@H](CO)C1)c1ccc(-c2cccc(F)c2)cc1. The highest BCUT2D eigenvalue weighted by atomic mass is 19.1. The third-order valence-corrected chi connectivity index (χ3v) is 4.88. The van der Waals surface area contributed by atoms with E-state index in [4.69, 9.17) is 0 Å². The Morgan fingerprint density at radius 1 is 1.19 bits per heavy atom. The van der Waals surface area contributed by atoms with Crippen LogP contribution in [0, 0.1) is 11.7 Å². The average Bonchev–Trinajstić information content (AvgIpc) is 2.68. The predicted octanol–water partition coefficient (Wildman–Crippen LogP) is 2.93. The molecule has 4 nitrogen and oxygen atoms in total. The van der Waals surface area contributed by atoms with Gasteiger partial charge in [-0.1, -0.05) is 24.3 Å². The van der Waals surface area contributed by atoms with Crippen molar-refractivity contribution in [1.82, 2.24) is 10.2 Å². The van der Waals surface area contributed by atoms with Gasteiger partial charge in [-0.15, -0.1) is 0 Å². The summed E-state index contributed by atoms with van der Waals surface area (Å²) >= 11 is 0. The summed E-state index contributed by atoms with van der Waals surface area (Å²) in [5.74, 6) is -0.0215. The van der Waals surface area contributed by atoms with Crippen LogP contribution in [0.25, 0.3) is 11.1 Å². The van der Waals surface area contributed by atoms with Crippen LogP contribution in [0.15, 0.2) is 48.5 Å². The molecule has 0 spiro atoms. The predicted molar refractivity (Wildman–Crippen MR) is 100 cm³/mol. The maximum atomic E-state index is 13.3. The highest BCUT2D eigenvalue weighted by Crippen LogP contribution is 2.20. The lowest BCUT2D eigenvalue weighted by Crippen LogP contribution is -2.41. The zero-order valence-electron chi connectivity index (χ0n) is 14.8. The van der Waals surface area contributed by atoms with Gasteiger partial charge in [-0.25, -0.2) is 4.39 Å². The summed E-state index contributed by atoms with van der Waals surface area (Å²) in [6, 6.07) is 13.6. The van der Waals surface area contributed by atoms with E-state index in [1.807, 2.05) is 18.2 Å². The summed E-state index contributed by atoms with van der Waals surface area (Å²) in [6.45, 7) is 3.54. The van der Waals surface area contributed by atoms with Crippen molar-refractivity contribution in [3.63, 3.8) is 0 Å². The normalized spacial score (nSPS) is 17.8. The zero-order chi connectivity index (χ0) is 18.4. The van der Waals surface area contributed by atoms with Crippen molar-refractivity contribution in [3.05, 3.63) is 59.9 Å². The number of aliphatic hydroxyl groups excluding tert-OH is 1. The van der Waals surface area contributed by atoms with Crippen molar-refractivity contribution in [1.29, 1.82) is 0 Å². The molecule has 1 aliphatic rings. The van der Waals surface area contributed by atoms with Gasteiger partial charge in [-0.2, -0.15) is 0 Å². The van der Waals surface area contributed by atoms with E-state index in [0.717, 1.165) is 43.6 Å². The van der Waals surface area contributed by atoms with Gasteiger partial charge in [0.15, 0.2) is 0 Å². The molecule has 138 valence electrons. The molecule has 1 amide bonds. The molecule has 5 heteroatoms. The van der Waals surface area contributed by atoms with E-state index in [0.29, 0.717) is 18.0 Å². The molecule has 0 saturated carbocycles. The van der Waals surface area contributed by atoms with Gasteiger partial charge >= 0.3 is 0 Å². The molecule has 2 aromatic rings. The third kappa shape index (κ3) is 4.90. The second-order valence-electron chi connectivity index (χ2n) is 6.84. The number of carbonyl (C=O) groups is 1. The van der Waals surface area contributed by atoms with Gasteiger partial charge in [-0.05, 0) is 60.7 Å². The van der Waals surface area contributed by atoms with Gasteiger partial charge in [0, 0.05) is 31.8 Å². The first kappa shape index (κ1) is 18.5. The van der Waals surface area contributed by atoms with Crippen molar-refractivity contribution >= 4 is 5.91 Å². The van der Waals surface area contributed by atoms with Crippen molar-refractivity contribution < 1.29 is 14.3 Å². The highest BCUT2D eigenvalue weighted by molar-refractivity contribution is 5.94. The minimum Gasteiger partial charge on any atom is -0.396 e. The second-order valence-corrected chi connectivity index (χ2v) is 6.84. The molecule has 2 aromatic carbocycles. The fourth-order valence-electron chi connectivity index (χ4n) is 3.42. The van der Waals surface area contributed by atoms with Crippen LogP contribution in [0.5, 0.6) is 0 Å². The molecule has 0 aromatic heterocycles. The van der Waals surface area contributed by atoms with Crippen LogP contribution in [0.1, 0.15) is 23.2 Å². The van der Waals surface area contributed by atoms with Crippen LogP contribution in [0.3, 0.4) is 0 Å². The quantitative estimate of drug-likeness (QED) is 0.837. The molecule has 1 saturated heterocycles. The minimum absolute atomic E-state index is 0.105. The molecule has 2 N–H and O–H groups in total. The average molecular weight is 356 g/mol. The first-order valence-electron chi connectivity index (χ1n) is 9.13. The summed E-state index contributed by atoms with van der Waals surface area (Å²) in [4.78, 5) is 14.6. The smallest absolute Gasteiger partial charge is 0.251 e. The first-order chi connectivity index (χ1) is 12.7. The van der Waals surface area contributed by atoms with Gasteiger partial charge in [0.25, 0.3) is 5.91 Å². The summed E-state index contributed by atoms with van der Waals surface area (Å²) in [7, 11) is 0. The molecule has 1 aliphatic heterocycles. The molecule has 3 rings (SSSR count). The number of rotatable bonds is 6. The highest BCUT2D eigenvalue weighted by Gasteiger charge is 2.18. The number of hydrogen-bond acceptors (Lipinski definition) is 3. The first-order valence-corrected chi connectivity index (χ1v) is 9.13. The summed E-state index contributed by atoms with van der Waals surface area (Å²) in [6.07, 6.45) is 2.18. The Morgan fingerprint density at radius 2 is 2.00 bits per heavy atom. The second kappa shape index (κ2) is 8.92. The maximum absolute atomic E-state index is 13.3. The fourth-order valence-corrected chi connectivity index (χ4v) is 3.42. The number of carbonyl (C=O) groups excluding carboxylic acids is 1. The van der Waals surface area contributed by atoms with E-state index in [2.05, 4.69) is 10.2 Å². The summed E-state index contributed by atoms with van der Waals surface area (Å²) in [5.41, 5.74) is 2.27. The molecule has 0 unspecified atom stereocenters. The minimum atomic E-state index is -0.273. The lowest BCUT2D eigenvalue weighted by molar-refractivity contribution is 0.0930. The van der Waals surface area contributed by atoms with Gasteiger partial charge < -0.3 is 15.3 Å². The Bertz CT molecular complexity index is 733. The molecule has 0 bridgehead atoms. The number of nitrogens with zero attached hydrogens (tertiary/aromatic N) is 1. The van der Waals surface area contributed by atoms with Crippen LogP contribution in [-0.2, 0) is 0 Å². The van der Waals surface area contributed by atoms with Crippen molar-refractivity contribution in [2.45, 2.75) is 12.8 Å². The summed E-state index contributed by atoms with van der Waals surface area (Å²) in [5, 5.41) is 12.2. The van der Waals surface area contributed by atoms with Crippen molar-refractivity contribution in [2.24, 2.45) is 5.92 Å². The zero-order valence-corrected chi connectivity index (χ0v) is 14.8. The fraction of sp³-hybridized carbons (Fsp3) is 0.381. The van der Waals surface area contributed by atoms with E-state index in [-0.39, 0.29) is 18.3 Å². The van der Waals surface area contributed by atoms with Crippen molar-refractivity contribution in [3.8, 4) is 11.1 Å². The Hall–Kier alpha value is -2.24. The maximum Gasteiger partial charge on any atom is 0.251 e. The molecule has 1 fully saturated rings. The standard InChI is InChI=1S/C21H25FN2O2/c22-20-5-1-4-19(13-20)17-6-8-18(9-7-17)21(26)23-10-12-24-11-2-3-16(14-24)15-25/h1,4-9,13,16,25H,2-3,10-12,14-15H2,(H,23,26)/t16-/m1/s1. The molecule has 26 heavy (non-hydrogen) atoms. The number of amides is 1. The van der Waals surface area contributed by atoms with Crippen LogP contribution in [0.4, 0.5) is 4.39 Å². The van der Waals surface area contributed by atoms with Crippen LogP contribution in [0.2, 0.25) is 0 Å². The number of nitrogens with one attached hydrogen (secondary N) is 1. The molecule has 1 atom stereocenters. The van der Waals surface area contributed by atoms with Crippen LogP contribution >= 0.6 is 0 Å². The van der Waals surface area contributed by atoms with E-state index < -0.39 is 0 Å². The van der Waals surface area contributed by atoms with E-state index in [1.165, 1.54) is 12.1 Å². The number of benzene rings is 2. The van der Waals surface area contributed by atoms with Crippen LogP contribution in [-0.4, -0.2) is 48.7 Å². The number of hydrogen-bond donors (Lipinski definition) is 2. The Labute approximate surface area is 153 Å². The monoisotopic (exact) mass is 356 g/mol. The largest absolute Gasteiger partial charge is 0.396 e. The lowest BCUT2D eigenvalue weighted by atomic mass is 9.99. The lowest BCUT2D eigenvalue weighted by Gasteiger charge is -2.31. The Balaban J connectivity index is 1.50. The van der Waals surface area contributed by atoms with Crippen LogP contribution < -0.4 is 5.32 Å². The van der Waals surface area contributed by atoms with Gasteiger partial charge in [0.2, 0.25) is 0 Å². The number of halogens is 1. The number of aliphatic hydroxyl groups is 1. The number of piperidine rings is 1. The third-order valence-electron chi connectivity index (χ3n) is 4.88. The van der Waals surface area contributed by atoms with Gasteiger partial charge in [0.05, 0.1) is 0 Å². The summed E-state index contributed by atoms with van der Waals surface area (Å²) < 4.78 is 13.3. The Kier molecular flexibility index (Phi) is 6.36. The molecule has 1 heterocycles. The molecule has 0 aliphatic carbocycles. The van der Waals surface area contributed by atoms with E-state index in [1.54, 1.807) is 18.2 Å². The topological polar surface area (TPSA) is 52.6 Å². The Morgan fingerprint density at radius 3 is 2.73 bits per heavy atom. The number of likely N-dealkylation sites (tertiary alicyclic amines) is 1. The molecular weight excluding hydrogens is 331 g/mol. The molecule has 0 radical (unpaired) electrons. The van der Waals surface area contributed by atoms with E-state index in [9.17, 15) is 14.3 Å². The van der Waals surface area contributed by atoms with Crippen molar-refractivity contribution in [2.75, 3.05) is 32.8 Å². The molecular formula is C21H25FN2O2.